The number of nitrogens with one attached hydrogen (secondary N) is 1. The Bertz CT molecular complexity index is 121. The van der Waals surface area contributed by atoms with Crippen LogP contribution in [-0.2, 0) is 4.74 Å². The van der Waals surface area contributed by atoms with Crippen molar-refractivity contribution in [3.63, 3.8) is 0 Å². The summed E-state index contributed by atoms with van der Waals surface area (Å²) in [7, 11) is 1.80. The first-order chi connectivity index (χ1) is 6.38. The summed E-state index contributed by atoms with van der Waals surface area (Å²) in [5, 5.41) is 3.42. The Labute approximate surface area is 82.0 Å². The van der Waals surface area contributed by atoms with E-state index in [9.17, 15) is 0 Å². The van der Waals surface area contributed by atoms with Crippen molar-refractivity contribution in [2.24, 2.45) is 11.8 Å². The van der Waals surface area contributed by atoms with Gasteiger partial charge in [-0.25, -0.2) is 0 Å². The minimum absolute atomic E-state index is 0.891. The lowest BCUT2D eigenvalue weighted by Crippen LogP contribution is -2.31. The normalized spacial score (nSPS) is 21.7. The summed E-state index contributed by atoms with van der Waals surface area (Å²) in [6.45, 7) is 5.67. The molecule has 0 aromatic rings. The molecule has 0 amide bonds. The van der Waals surface area contributed by atoms with Gasteiger partial charge in [0.2, 0.25) is 0 Å². The summed E-state index contributed by atoms with van der Waals surface area (Å²) in [5.41, 5.74) is 0. The summed E-state index contributed by atoms with van der Waals surface area (Å²) >= 11 is 0. The van der Waals surface area contributed by atoms with Gasteiger partial charge in [0.25, 0.3) is 0 Å². The number of rotatable bonds is 5. The first kappa shape index (κ1) is 11.0. The maximum absolute atomic E-state index is 5.15. The number of hydrogen-bond acceptors (Lipinski definition) is 2. The zero-order valence-electron chi connectivity index (χ0n) is 9.01. The van der Waals surface area contributed by atoms with Crippen molar-refractivity contribution in [1.82, 2.24) is 5.32 Å². The van der Waals surface area contributed by atoms with Crippen molar-refractivity contribution in [2.45, 2.75) is 32.6 Å². The van der Waals surface area contributed by atoms with Crippen LogP contribution in [0, 0.1) is 11.8 Å². The molecule has 1 rings (SSSR count). The molecule has 1 heterocycles. The van der Waals surface area contributed by atoms with Gasteiger partial charge in [0, 0.05) is 13.7 Å². The van der Waals surface area contributed by atoms with Gasteiger partial charge in [-0.3, -0.25) is 0 Å². The van der Waals surface area contributed by atoms with Crippen LogP contribution < -0.4 is 5.32 Å². The maximum atomic E-state index is 5.15. The molecule has 1 saturated heterocycles. The topological polar surface area (TPSA) is 21.3 Å². The average Bonchev–Trinajstić information content (AvgIpc) is 2.21. The highest BCUT2D eigenvalue weighted by molar-refractivity contribution is 4.74. The monoisotopic (exact) mass is 185 g/mol. The van der Waals surface area contributed by atoms with E-state index in [1.54, 1.807) is 7.11 Å². The predicted molar refractivity (Wildman–Crippen MR) is 55.9 cm³/mol. The van der Waals surface area contributed by atoms with Crippen LogP contribution in [0.15, 0.2) is 0 Å². The molecule has 0 aliphatic carbocycles. The van der Waals surface area contributed by atoms with E-state index < -0.39 is 0 Å². The van der Waals surface area contributed by atoms with E-state index in [1.807, 2.05) is 0 Å². The van der Waals surface area contributed by atoms with E-state index in [-0.39, 0.29) is 0 Å². The van der Waals surface area contributed by atoms with Crippen molar-refractivity contribution >= 4 is 0 Å². The molecule has 0 saturated carbocycles. The van der Waals surface area contributed by atoms with Gasteiger partial charge in [0.1, 0.15) is 0 Å². The molecule has 1 atom stereocenters. The minimum Gasteiger partial charge on any atom is -0.385 e. The fraction of sp³-hybridized carbons (Fsp3) is 1.00. The van der Waals surface area contributed by atoms with Gasteiger partial charge in [-0.05, 0) is 44.2 Å². The molecule has 78 valence electrons. The minimum atomic E-state index is 0.891. The Morgan fingerprint density at radius 3 is 2.62 bits per heavy atom. The molecular weight excluding hydrogens is 162 g/mol. The van der Waals surface area contributed by atoms with Crippen molar-refractivity contribution in [2.75, 3.05) is 26.8 Å². The summed E-state index contributed by atoms with van der Waals surface area (Å²) in [4.78, 5) is 0. The summed E-state index contributed by atoms with van der Waals surface area (Å²) in [5.74, 6) is 1.84. The van der Waals surface area contributed by atoms with Gasteiger partial charge in [0.15, 0.2) is 0 Å². The summed E-state index contributed by atoms with van der Waals surface area (Å²) in [6, 6.07) is 0. The standard InChI is InChI=1S/C11H23NO/c1-3-10(6-9-13-2)11-4-7-12-8-5-11/h10-12H,3-9H2,1-2H3. The van der Waals surface area contributed by atoms with Crippen LogP contribution in [0.2, 0.25) is 0 Å². The van der Waals surface area contributed by atoms with Gasteiger partial charge in [-0.1, -0.05) is 13.3 Å². The second kappa shape index (κ2) is 6.39. The first-order valence-corrected chi connectivity index (χ1v) is 5.58. The summed E-state index contributed by atoms with van der Waals surface area (Å²) in [6.07, 6.45) is 5.29. The third-order valence-corrected chi connectivity index (χ3v) is 3.27. The zero-order chi connectivity index (χ0) is 9.52. The Balaban J connectivity index is 2.26. The van der Waals surface area contributed by atoms with Gasteiger partial charge in [-0.15, -0.1) is 0 Å². The molecule has 2 heteroatoms. The highest BCUT2D eigenvalue weighted by Gasteiger charge is 2.21. The highest BCUT2D eigenvalue weighted by atomic mass is 16.5. The highest BCUT2D eigenvalue weighted by Crippen LogP contribution is 2.27. The molecule has 1 unspecified atom stereocenters. The van der Waals surface area contributed by atoms with Crippen LogP contribution in [0.4, 0.5) is 0 Å². The lowest BCUT2D eigenvalue weighted by Gasteiger charge is -2.29. The van der Waals surface area contributed by atoms with Crippen molar-refractivity contribution in [3.05, 3.63) is 0 Å². The predicted octanol–water partition coefficient (Wildman–Crippen LogP) is 2.05. The molecule has 13 heavy (non-hydrogen) atoms. The molecule has 0 spiro atoms. The Kier molecular flexibility index (Phi) is 5.40. The fourth-order valence-electron chi connectivity index (χ4n) is 2.36. The largest absolute Gasteiger partial charge is 0.385 e. The maximum Gasteiger partial charge on any atom is 0.0465 e. The van der Waals surface area contributed by atoms with Crippen LogP contribution in [-0.4, -0.2) is 26.8 Å². The molecule has 0 aromatic heterocycles. The van der Waals surface area contributed by atoms with Gasteiger partial charge in [0.05, 0.1) is 0 Å². The number of methoxy groups -OCH3 is 1. The zero-order valence-corrected chi connectivity index (χ0v) is 9.01. The van der Waals surface area contributed by atoms with Gasteiger partial charge < -0.3 is 10.1 Å². The SMILES string of the molecule is CCC(CCOC)C1CCNCC1. The smallest absolute Gasteiger partial charge is 0.0465 e. The van der Waals surface area contributed by atoms with Crippen LogP contribution in [0.5, 0.6) is 0 Å². The molecule has 1 N–H and O–H groups in total. The number of hydrogen-bond donors (Lipinski definition) is 1. The van der Waals surface area contributed by atoms with Gasteiger partial charge >= 0.3 is 0 Å². The van der Waals surface area contributed by atoms with E-state index >= 15 is 0 Å². The van der Waals surface area contributed by atoms with E-state index in [0.29, 0.717) is 0 Å². The van der Waals surface area contributed by atoms with Crippen LogP contribution in [0.3, 0.4) is 0 Å². The van der Waals surface area contributed by atoms with Crippen LogP contribution in [0.1, 0.15) is 32.6 Å². The van der Waals surface area contributed by atoms with E-state index in [1.165, 1.54) is 38.8 Å². The second-order valence-electron chi connectivity index (χ2n) is 4.04. The molecule has 1 aliphatic heterocycles. The second-order valence-corrected chi connectivity index (χ2v) is 4.04. The Morgan fingerprint density at radius 2 is 2.08 bits per heavy atom. The first-order valence-electron chi connectivity index (χ1n) is 5.58. The van der Waals surface area contributed by atoms with Crippen LogP contribution >= 0.6 is 0 Å². The molecular formula is C11H23NO. The molecule has 0 radical (unpaired) electrons. The molecule has 0 aromatic carbocycles. The van der Waals surface area contributed by atoms with E-state index in [2.05, 4.69) is 12.2 Å². The molecule has 1 aliphatic rings. The number of ether oxygens (including phenoxy) is 1. The lowest BCUT2D eigenvalue weighted by atomic mass is 9.81. The van der Waals surface area contributed by atoms with Crippen molar-refractivity contribution in [3.8, 4) is 0 Å². The lowest BCUT2D eigenvalue weighted by molar-refractivity contribution is 0.146. The molecule has 2 nitrogen and oxygen atoms in total. The Hall–Kier alpha value is -0.0800. The van der Waals surface area contributed by atoms with Crippen LogP contribution in [0.25, 0.3) is 0 Å². The fourth-order valence-corrected chi connectivity index (χ4v) is 2.36. The number of piperidine rings is 1. The van der Waals surface area contributed by atoms with Crippen molar-refractivity contribution in [1.29, 1.82) is 0 Å². The average molecular weight is 185 g/mol. The molecule has 1 fully saturated rings. The molecule has 0 bridgehead atoms. The van der Waals surface area contributed by atoms with Gasteiger partial charge in [-0.2, -0.15) is 0 Å². The summed E-state index contributed by atoms with van der Waals surface area (Å²) < 4.78 is 5.15. The van der Waals surface area contributed by atoms with Crippen molar-refractivity contribution < 1.29 is 4.74 Å². The quantitative estimate of drug-likeness (QED) is 0.708. The third-order valence-electron chi connectivity index (χ3n) is 3.27. The Morgan fingerprint density at radius 1 is 1.38 bits per heavy atom. The van der Waals surface area contributed by atoms with E-state index in [4.69, 9.17) is 4.74 Å². The van der Waals surface area contributed by atoms with E-state index in [0.717, 1.165) is 18.4 Å². The third kappa shape index (κ3) is 3.65.